The Morgan fingerprint density at radius 2 is 0.825 bits per heavy atom. The first kappa shape index (κ1) is 34.7. The van der Waals surface area contributed by atoms with Crippen molar-refractivity contribution in [2.75, 3.05) is 28.4 Å². The second-order valence-corrected chi connectivity index (χ2v) is 10.2. The lowest BCUT2D eigenvalue weighted by Crippen LogP contribution is -2.11. The number of alkyl halides is 3. The molecule has 3 aromatic rings. The Morgan fingerprint density at radius 1 is 0.500 bits per heavy atom. The number of rotatable bonds is 7. The van der Waals surface area contributed by atoms with Crippen molar-refractivity contribution in [1.29, 1.82) is 0 Å². The van der Waals surface area contributed by atoms with Gasteiger partial charge in [0, 0.05) is 11.1 Å². The molecule has 0 bridgehead atoms. The lowest BCUT2D eigenvalue weighted by molar-refractivity contribution is -0.138. The van der Waals surface area contributed by atoms with Gasteiger partial charge in [0.05, 0.1) is 34.0 Å². The summed E-state index contributed by atoms with van der Waals surface area (Å²) in [7, 11) is 6.46. The second-order valence-electron chi connectivity index (χ2n) is 10.2. The maximum atomic E-state index is 12.7. The molecule has 7 heteroatoms. The normalized spacial score (nSPS) is 10.9. The minimum absolute atomic E-state index is 0.215. The lowest BCUT2D eigenvalue weighted by Gasteiger charge is -2.18. The van der Waals surface area contributed by atoms with Crippen LogP contribution in [-0.2, 0) is 6.18 Å². The molecule has 0 aliphatic rings. The molecule has 3 aromatic carbocycles. The average molecular weight is 563 g/mol. The number of halogens is 3. The van der Waals surface area contributed by atoms with E-state index in [2.05, 4.69) is 40.7 Å². The molecule has 0 aliphatic heterocycles. The van der Waals surface area contributed by atoms with E-state index in [1.54, 1.807) is 41.2 Å². The van der Waals surface area contributed by atoms with Crippen molar-refractivity contribution in [2.24, 2.45) is 0 Å². The van der Waals surface area contributed by atoms with Crippen molar-refractivity contribution in [1.82, 2.24) is 0 Å². The van der Waals surface area contributed by atoms with E-state index in [1.165, 1.54) is 24.3 Å². The summed E-state index contributed by atoms with van der Waals surface area (Å²) >= 11 is 0. The van der Waals surface area contributed by atoms with Gasteiger partial charge in [-0.05, 0) is 66.1 Å². The van der Waals surface area contributed by atoms with Crippen molar-refractivity contribution in [2.45, 2.75) is 72.4 Å². The molecule has 40 heavy (non-hydrogen) atoms. The zero-order valence-corrected chi connectivity index (χ0v) is 25.7. The van der Waals surface area contributed by atoms with E-state index >= 15 is 0 Å². The van der Waals surface area contributed by atoms with Crippen LogP contribution in [0.2, 0.25) is 0 Å². The van der Waals surface area contributed by atoms with Gasteiger partial charge in [0.25, 0.3) is 0 Å². The highest BCUT2D eigenvalue weighted by atomic mass is 19.4. The highest BCUT2D eigenvalue weighted by Crippen LogP contribution is 2.39. The molecule has 0 N–H and O–H groups in total. The van der Waals surface area contributed by atoms with Crippen LogP contribution in [-0.4, -0.2) is 28.4 Å². The summed E-state index contributed by atoms with van der Waals surface area (Å²) in [5.74, 6) is 3.80. The van der Waals surface area contributed by atoms with Crippen molar-refractivity contribution >= 4 is 0 Å². The first-order chi connectivity index (χ1) is 18.7. The third-order valence-corrected chi connectivity index (χ3v) is 6.29. The lowest BCUT2D eigenvalue weighted by atomic mass is 9.96. The van der Waals surface area contributed by atoms with Gasteiger partial charge in [0.15, 0.2) is 0 Å². The minimum Gasteiger partial charge on any atom is -0.496 e. The number of benzene rings is 3. The number of hydrogen-bond donors (Lipinski definition) is 0. The highest BCUT2D eigenvalue weighted by Gasteiger charge is 2.35. The fourth-order valence-electron chi connectivity index (χ4n) is 4.59. The van der Waals surface area contributed by atoms with Crippen LogP contribution in [0.1, 0.15) is 87.1 Å². The van der Waals surface area contributed by atoms with Crippen molar-refractivity contribution < 1.29 is 32.1 Å². The van der Waals surface area contributed by atoms with E-state index in [1.807, 2.05) is 30.3 Å². The first-order valence-corrected chi connectivity index (χ1v) is 13.3. The Bertz CT molecular complexity index is 1160. The van der Waals surface area contributed by atoms with Gasteiger partial charge in [0.2, 0.25) is 0 Å². The average Bonchev–Trinajstić information content (AvgIpc) is 2.91. The molecule has 0 saturated carbocycles. The molecule has 0 heterocycles. The molecule has 0 amide bonds. The zero-order chi connectivity index (χ0) is 30.6. The van der Waals surface area contributed by atoms with Gasteiger partial charge in [-0.1, -0.05) is 65.8 Å². The van der Waals surface area contributed by atoms with Crippen LogP contribution in [0.25, 0.3) is 0 Å². The molecular formula is C33H45F3O4. The maximum absolute atomic E-state index is 12.7. The van der Waals surface area contributed by atoms with Crippen LogP contribution in [0.4, 0.5) is 13.2 Å². The van der Waals surface area contributed by atoms with E-state index in [0.29, 0.717) is 17.6 Å². The highest BCUT2D eigenvalue weighted by molar-refractivity contribution is 5.47. The predicted octanol–water partition coefficient (Wildman–Crippen LogP) is 9.79. The Morgan fingerprint density at radius 3 is 1.15 bits per heavy atom. The summed E-state index contributed by atoms with van der Waals surface area (Å²) in [6.45, 7) is 14.2. The van der Waals surface area contributed by atoms with Crippen LogP contribution in [0, 0.1) is 6.92 Å². The van der Waals surface area contributed by atoms with Crippen molar-refractivity contribution in [3.05, 3.63) is 82.4 Å². The standard InChI is InChI=1S/C11H13F3O.C11H16O2.C11H16O/c1-7(2)10-8(11(12,13)14)5-4-6-9(10)15-3;1-8(2)11-9(12-3)6-5-7-10(11)13-4;1-8(2)11-9(3)6-5-7-10(11)12-4/h4-7H,1-3H3;5-8H,1-4H3;5-8H,1-4H3. The van der Waals surface area contributed by atoms with E-state index in [-0.39, 0.29) is 11.5 Å². The van der Waals surface area contributed by atoms with E-state index < -0.39 is 11.7 Å². The molecule has 222 valence electrons. The molecule has 0 aliphatic carbocycles. The second kappa shape index (κ2) is 16.0. The summed E-state index contributed by atoms with van der Waals surface area (Å²) in [4.78, 5) is 0. The van der Waals surface area contributed by atoms with Gasteiger partial charge in [0.1, 0.15) is 23.0 Å². The first-order valence-electron chi connectivity index (χ1n) is 13.3. The van der Waals surface area contributed by atoms with Crippen LogP contribution in [0.3, 0.4) is 0 Å². The summed E-state index contributed by atoms with van der Waals surface area (Å²) in [6, 6.07) is 16.0. The van der Waals surface area contributed by atoms with Crippen LogP contribution in [0.15, 0.2) is 54.6 Å². The molecule has 0 fully saturated rings. The molecule has 3 rings (SSSR count). The van der Waals surface area contributed by atoms with Gasteiger partial charge >= 0.3 is 6.18 Å². The fourth-order valence-corrected chi connectivity index (χ4v) is 4.59. The molecule has 0 aromatic heterocycles. The number of methoxy groups -OCH3 is 4. The van der Waals surface area contributed by atoms with E-state index in [4.69, 9.17) is 18.9 Å². The molecule has 0 spiro atoms. The zero-order valence-electron chi connectivity index (χ0n) is 25.7. The van der Waals surface area contributed by atoms with Gasteiger partial charge in [-0.25, -0.2) is 0 Å². The Balaban J connectivity index is 0.000000302. The van der Waals surface area contributed by atoms with Crippen LogP contribution in [0.5, 0.6) is 23.0 Å². The fraction of sp³-hybridized carbons (Fsp3) is 0.455. The van der Waals surface area contributed by atoms with Gasteiger partial charge < -0.3 is 18.9 Å². The topological polar surface area (TPSA) is 36.9 Å². The summed E-state index contributed by atoms with van der Waals surface area (Å²) in [5, 5.41) is 0. The maximum Gasteiger partial charge on any atom is 0.416 e. The summed E-state index contributed by atoms with van der Waals surface area (Å²) < 4.78 is 58.8. The number of ether oxygens (including phenoxy) is 4. The SMILES string of the molecule is COc1cccc(C(F)(F)F)c1C(C)C.COc1cccc(C)c1C(C)C.COc1cccc(OC)c1C(C)C. The number of aryl methyl sites for hydroxylation is 1. The Hall–Kier alpha value is -3.35. The third-order valence-electron chi connectivity index (χ3n) is 6.29. The van der Waals surface area contributed by atoms with E-state index in [0.717, 1.165) is 28.9 Å². The largest absolute Gasteiger partial charge is 0.496 e. The Kier molecular flexibility index (Phi) is 13.9. The predicted molar refractivity (Wildman–Crippen MR) is 158 cm³/mol. The number of hydrogen-bond acceptors (Lipinski definition) is 4. The molecular weight excluding hydrogens is 517 g/mol. The Labute approximate surface area is 238 Å². The summed E-state index contributed by atoms with van der Waals surface area (Å²) in [6.07, 6.45) is -4.33. The van der Waals surface area contributed by atoms with Crippen molar-refractivity contribution in [3.8, 4) is 23.0 Å². The monoisotopic (exact) mass is 562 g/mol. The van der Waals surface area contributed by atoms with Crippen LogP contribution >= 0.6 is 0 Å². The van der Waals surface area contributed by atoms with Crippen LogP contribution < -0.4 is 18.9 Å². The molecule has 4 nitrogen and oxygen atoms in total. The smallest absolute Gasteiger partial charge is 0.416 e. The van der Waals surface area contributed by atoms with Gasteiger partial charge in [-0.3, -0.25) is 0 Å². The van der Waals surface area contributed by atoms with Gasteiger partial charge in [-0.15, -0.1) is 0 Å². The molecule has 0 saturated heterocycles. The molecule has 0 unspecified atom stereocenters. The third kappa shape index (κ3) is 9.39. The van der Waals surface area contributed by atoms with Gasteiger partial charge in [-0.2, -0.15) is 13.2 Å². The summed E-state index contributed by atoms with van der Waals surface area (Å²) in [5.41, 5.74) is 3.36. The van der Waals surface area contributed by atoms with E-state index in [9.17, 15) is 13.2 Å². The molecule has 0 radical (unpaired) electrons. The quantitative estimate of drug-likeness (QED) is 0.287. The minimum atomic E-state index is -4.33. The van der Waals surface area contributed by atoms with Crippen molar-refractivity contribution in [3.63, 3.8) is 0 Å². The molecule has 0 atom stereocenters.